The summed E-state index contributed by atoms with van der Waals surface area (Å²) in [6.07, 6.45) is -0.268. The molecule has 0 fully saturated rings. The van der Waals surface area contributed by atoms with Gasteiger partial charge in [-0.25, -0.2) is 8.42 Å². The minimum absolute atomic E-state index is 0.268. The highest BCUT2D eigenvalue weighted by molar-refractivity contribution is 7.86. The van der Waals surface area contributed by atoms with Gasteiger partial charge < -0.3 is 10.3 Å². The molecule has 3 N–H and O–H groups in total. The van der Waals surface area contributed by atoms with Crippen molar-refractivity contribution in [2.45, 2.75) is 18.6 Å². The maximum Gasteiger partial charge on any atom is 0.131 e. The second-order valence-corrected chi connectivity index (χ2v) is 6.34. The molecule has 118 valence electrons. The molecule has 22 heavy (non-hydrogen) atoms. The molecule has 6 heteroatoms. The van der Waals surface area contributed by atoms with Crippen LogP contribution in [0.2, 0.25) is 0 Å². The van der Waals surface area contributed by atoms with Gasteiger partial charge in [-0.15, -0.1) is 0 Å². The fourth-order valence-electron chi connectivity index (χ4n) is 1.79. The Morgan fingerprint density at radius 3 is 1.82 bits per heavy atom. The van der Waals surface area contributed by atoms with Crippen molar-refractivity contribution in [3.63, 3.8) is 0 Å². The highest BCUT2D eigenvalue weighted by Gasteiger charge is 2.20. The van der Waals surface area contributed by atoms with Gasteiger partial charge in [-0.3, -0.25) is 4.79 Å². The molecular weight excluding hydrogens is 302 g/mol. The predicted molar refractivity (Wildman–Crippen MR) is 83.2 cm³/mol. The SMILES string of the molecule is CC(=O)CC(c1ccccc1)S(=O)(=O)[O-].[NH3+]c1ccccc1. The average molecular weight is 321 g/mol. The van der Waals surface area contributed by atoms with E-state index in [1.54, 1.807) is 18.2 Å². The van der Waals surface area contributed by atoms with Gasteiger partial charge >= 0.3 is 0 Å². The van der Waals surface area contributed by atoms with E-state index in [4.69, 9.17) is 0 Å². The molecule has 0 aliphatic heterocycles. The molecule has 0 aliphatic rings. The van der Waals surface area contributed by atoms with Crippen molar-refractivity contribution >= 4 is 21.6 Å². The second kappa shape index (κ2) is 8.43. The van der Waals surface area contributed by atoms with E-state index in [2.05, 4.69) is 5.73 Å². The van der Waals surface area contributed by atoms with Crippen LogP contribution < -0.4 is 5.73 Å². The van der Waals surface area contributed by atoms with Crippen LogP contribution in [-0.4, -0.2) is 18.8 Å². The molecule has 0 spiro atoms. The average Bonchev–Trinajstić information content (AvgIpc) is 2.46. The third-order valence-corrected chi connectivity index (χ3v) is 3.97. The lowest BCUT2D eigenvalue weighted by Gasteiger charge is -2.19. The molecular formula is C16H19NO4S. The Kier molecular flexibility index (Phi) is 6.91. The third kappa shape index (κ3) is 6.62. The predicted octanol–water partition coefficient (Wildman–Crippen LogP) is 1.81. The summed E-state index contributed by atoms with van der Waals surface area (Å²) >= 11 is 0. The van der Waals surface area contributed by atoms with Crippen LogP contribution >= 0.6 is 0 Å². The molecule has 0 amide bonds. The molecule has 1 unspecified atom stereocenters. The Bertz CT molecular complexity index is 685. The molecule has 0 saturated carbocycles. The van der Waals surface area contributed by atoms with Gasteiger partial charge in [0.25, 0.3) is 0 Å². The summed E-state index contributed by atoms with van der Waals surface area (Å²) in [6, 6.07) is 17.9. The number of hydrogen-bond acceptors (Lipinski definition) is 4. The summed E-state index contributed by atoms with van der Waals surface area (Å²) in [5.74, 6) is -0.316. The zero-order chi connectivity index (χ0) is 16.6. The number of carbonyl (C=O) groups is 1. The second-order valence-electron chi connectivity index (χ2n) is 4.78. The number of ketones is 1. The molecule has 0 saturated heterocycles. The minimum atomic E-state index is -4.48. The smallest absolute Gasteiger partial charge is 0.131 e. The van der Waals surface area contributed by atoms with Crippen LogP contribution in [0.1, 0.15) is 24.2 Å². The largest absolute Gasteiger partial charge is 0.747 e. The van der Waals surface area contributed by atoms with E-state index in [-0.39, 0.29) is 12.2 Å². The molecule has 2 rings (SSSR count). The number of benzene rings is 2. The molecule has 2 aromatic rings. The van der Waals surface area contributed by atoms with Gasteiger partial charge in [-0.05, 0) is 24.6 Å². The van der Waals surface area contributed by atoms with E-state index in [1.165, 1.54) is 19.1 Å². The normalized spacial score (nSPS) is 12.0. The number of hydrogen-bond donors (Lipinski definition) is 1. The zero-order valence-corrected chi connectivity index (χ0v) is 13.1. The topological polar surface area (TPSA) is 102 Å². The molecule has 1 atom stereocenters. The monoisotopic (exact) mass is 321 g/mol. The fourth-order valence-corrected chi connectivity index (χ4v) is 2.72. The van der Waals surface area contributed by atoms with Crippen molar-refractivity contribution in [3.8, 4) is 0 Å². The summed E-state index contributed by atoms with van der Waals surface area (Å²) in [5.41, 5.74) is 5.16. The zero-order valence-electron chi connectivity index (χ0n) is 12.3. The highest BCUT2D eigenvalue weighted by Crippen LogP contribution is 2.24. The van der Waals surface area contributed by atoms with Crippen molar-refractivity contribution in [2.24, 2.45) is 0 Å². The Balaban J connectivity index is 0.000000287. The lowest BCUT2D eigenvalue weighted by atomic mass is 10.1. The Morgan fingerprint density at radius 1 is 1.05 bits per heavy atom. The first-order chi connectivity index (χ1) is 10.3. The number of rotatable bonds is 4. The van der Waals surface area contributed by atoms with Crippen LogP contribution in [0.4, 0.5) is 5.69 Å². The van der Waals surface area contributed by atoms with Crippen molar-refractivity contribution < 1.29 is 23.5 Å². The molecule has 0 aromatic heterocycles. The van der Waals surface area contributed by atoms with E-state index >= 15 is 0 Å². The van der Waals surface area contributed by atoms with Gasteiger partial charge in [0.2, 0.25) is 0 Å². The van der Waals surface area contributed by atoms with Crippen LogP contribution in [0.25, 0.3) is 0 Å². The van der Waals surface area contributed by atoms with Crippen molar-refractivity contribution in [3.05, 3.63) is 66.2 Å². The van der Waals surface area contributed by atoms with Gasteiger partial charge in [0.15, 0.2) is 0 Å². The molecule has 5 nitrogen and oxygen atoms in total. The van der Waals surface area contributed by atoms with E-state index < -0.39 is 15.4 Å². The number of Topliss-reactive ketones (excluding diaryl/α,β-unsaturated/α-hetero) is 1. The van der Waals surface area contributed by atoms with Crippen LogP contribution in [0, 0.1) is 0 Å². The molecule has 0 radical (unpaired) electrons. The Hall–Kier alpha value is -2.02. The quantitative estimate of drug-likeness (QED) is 0.867. The van der Waals surface area contributed by atoms with Gasteiger partial charge in [0, 0.05) is 6.42 Å². The summed E-state index contributed by atoms with van der Waals surface area (Å²) < 4.78 is 32.9. The first-order valence-electron chi connectivity index (χ1n) is 6.67. The van der Waals surface area contributed by atoms with Crippen LogP contribution in [-0.2, 0) is 14.9 Å². The first-order valence-corrected chi connectivity index (χ1v) is 8.14. The van der Waals surface area contributed by atoms with Gasteiger partial charge in [0.1, 0.15) is 21.6 Å². The Labute approximate surface area is 130 Å². The van der Waals surface area contributed by atoms with Crippen molar-refractivity contribution in [2.75, 3.05) is 0 Å². The fraction of sp³-hybridized carbons (Fsp3) is 0.188. The summed E-state index contributed by atoms with van der Waals surface area (Å²) in [4.78, 5) is 10.9. The van der Waals surface area contributed by atoms with Gasteiger partial charge in [0.05, 0.1) is 5.25 Å². The lowest BCUT2D eigenvalue weighted by molar-refractivity contribution is -0.254. The van der Waals surface area contributed by atoms with Crippen LogP contribution in [0.15, 0.2) is 60.7 Å². The molecule has 2 aromatic carbocycles. The molecule has 0 heterocycles. The number of carbonyl (C=O) groups excluding carboxylic acids is 1. The maximum absolute atomic E-state index is 11.0. The summed E-state index contributed by atoms with van der Waals surface area (Å²) in [7, 11) is -4.48. The molecule has 0 aliphatic carbocycles. The van der Waals surface area contributed by atoms with Crippen LogP contribution in [0.3, 0.4) is 0 Å². The highest BCUT2D eigenvalue weighted by atomic mass is 32.2. The van der Waals surface area contributed by atoms with E-state index in [0.717, 1.165) is 5.69 Å². The van der Waals surface area contributed by atoms with E-state index in [0.29, 0.717) is 5.56 Å². The first kappa shape index (κ1) is 18.0. The van der Waals surface area contributed by atoms with Gasteiger partial charge in [-0.1, -0.05) is 48.5 Å². The van der Waals surface area contributed by atoms with E-state index in [1.807, 2.05) is 30.3 Å². The maximum atomic E-state index is 11.0. The standard InChI is InChI=1S/C10H12O4S.C6H7N/c1-8(11)7-10(15(12,13)14)9-5-3-2-4-6-9;7-6-4-2-1-3-5-6/h2-6,10H,7H2,1H3,(H,12,13,14);1-5H,7H2. The summed E-state index contributed by atoms with van der Waals surface area (Å²) in [6.45, 7) is 1.26. The minimum Gasteiger partial charge on any atom is -0.747 e. The van der Waals surface area contributed by atoms with E-state index in [9.17, 15) is 17.8 Å². The number of quaternary nitrogens is 1. The lowest BCUT2D eigenvalue weighted by Crippen LogP contribution is -2.39. The summed E-state index contributed by atoms with van der Waals surface area (Å²) in [5, 5.41) is -1.27. The van der Waals surface area contributed by atoms with Crippen LogP contribution in [0.5, 0.6) is 0 Å². The van der Waals surface area contributed by atoms with Crippen molar-refractivity contribution in [1.82, 2.24) is 0 Å². The third-order valence-electron chi connectivity index (χ3n) is 2.84. The molecule has 0 bridgehead atoms. The van der Waals surface area contributed by atoms with Crippen molar-refractivity contribution in [1.29, 1.82) is 0 Å². The van der Waals surface area contributed by atoms with Gasteiger partial charge in [-0.2, -0.15) is 0 Å². The Morgan fingerprint density at radius 2 is 1.50 bits per heavy atom.